The van der Waals surface area contributed by atoms with Gasteiger partial charge in [-0.3, -0.25) is 0 Å². The minimum atomic E-state index is 0.894. The lowest BCUT2D eigenvalue weighted by Gasteiger charge is -2.02. The average Bonchev–Trinajstić information content (AvgIpc) is 2.98. The molecule has 0 bridgehead atoms. The Morgan fingerprint density at radius 1 is 0.947 bits per heavy atom. The van der Waals surface area contributed by atoms with Crippen LogP contribution in [0.25, 0.3) is 22.6 Å². The molecule has 0 radical (unpaired) electrons. The zero-order valence-corrected chi connectivity index (χ0v) is 10.7. The Morgan fingerprint density at radius 2 is 1.74 bits per heavy atom. The lowest BCUT2D eigenvalue weighted by atomic mass is 10.1. The molecule has 2 aromatic carbocycles. The van der Waals surface area contributed by atoms with E-state index >= 15 is 0 Å². The summed E-state index contributed by atoms with van der Waals surface area (Å²) in [5, 5.41) is 3.14. The predicted octanol–water partition coefficient (Wildman–Crippen LogP) is 3.79. The molecule has 0 aliphatic carbocycles. The van der Waals surface area contributed by atoms with Crippen molar-refractivity contribution in [3.8, 4) is 22.6 Å². The number of aromatic amines is 1. The second-order valence-electron chi connectivity index (χ2n) is 4.34. The second-order valence-corrected chi connectivity index (χ2v) is 4.34. The second kappa shape index (κ2) is 4.98. The quantitative estimate of drug-likeness (QED) is 0.741. The van der Waals surface area contributed by atoms with Crippen LogP contribution in [0.1, 0.15) is 0 Å². The van der Waals surface area contributed by atoms with E-state index in [1.807, 2.05) is 55.7 Å². The maximum Gasteiger partial charge on any atom is 0.137 e. The molecule has 0 amide bonds. The average molecular weight is 249 g/mol. The summed E-state index contributed by atoms with van der Waals surface area (Å²) in [7, 11) is 1.92. The monoisotopic (exact) mass is 249 g/mol. The number of benzene rings is 2. The van der Waals surface area contributed by atoms with Crippen LogP contribution in [0.3, 0.4) is 0 Å². The minimum absolute atomic E-state index is 0.894. The smallest absolute Gasteiger partial charge is 0.137 e. The first-order chi connectivity index (χ1) is 9.36. The minimum Gasteiger partial charge on any atom is -0.388 e. The van der Waals surface area contributed by atoms with Crippen LogP contribution in [0.15, 0.2) is 60.8 Å². The number of H-pyrrole nitrogens is 1. The van der Waals surface area contributed by atoms with Crippen molar-refractivity contribution in [2.45, 2.75) is 0 Å². The maximum atomic E-state index is 4.44. The number of anilines is 1. The van der Waals surface area contributed by atoms with E-state index < -0.39 is 0 Å². The van der Waals surface area contributed by atoms with Crippen molar-refractivity contribution in [2.24, 2.45) is 0 Å². The molecule has 0 saturated carbocycles. The Hall–Kier alpha value is -2.55. The SMILES string of the molecule is CNc1cccc(-c2cnc(-c3ccccc3)[nH]2)c1. The molecule has 1 heterocycles. The van der Waals surface area contributed by atoms with Gasteiger partial charge < -0.3 is 10.3 Å². The molecule has 3 aromatic rings. The Kier molecular flexibility index (Phi) is 3.02. The summed E-state index contributed by atoms with van der Waals surface area (Å²) in [4.78, 5) is 7.80. The third-order valence-corrected chi connectivity index (χ3v) is 3.09. The van der Waals surface area contributed by atoms with Gasteiger partial charge in [0.15, 0.2) is 0 Å². The van der Waals surface area contributed by atoms with E-state index in [2.05, 4.69) is 27.4 Å². The highest BCUT2D eigenvalue weighted by Gasteiger charge is 2.05. The van der Waals surface area contributed by atoms with Crippen LogP contribution in [0.4, 0.5) is 5.69 Å². The van der Waals surface area contributed by atoms with Crippen LogP contribution in [-0.4, -0.2) is 17.0 Å². The fourth-order valence-corrected chi connectivity index (χ4v) is 2.05. The fourth-order valence-electron chi connectivity index (χ4n) is 2.05. The predicted molar refractivity (Wildman–Crippen MR) is 79.0 cm³/mol. The summed E-state index contributed by atoms with van der Waals surface area (Å²) in [6.07, 6.45) is 1.87. The molecule has 1 aromatic heterocycles. The molecule has 3 rings (SSSR count). The number of imidazole rings is 1. The Morgan fingerprint density at radius 3 is 2.53 bits per heavy atom. The third kappa shape index (κ3) is 2.36. The number of hydrogen-bond donors (Lipinski definition) is 2. The van der Waals surface area contributed by atoms with Gasteiger partial charge in [0.25, 0.3) is 0 Å². The summed E-state index contributed by atoms with van der Waals surface area (Å²) < 4.78 is 0. The normalized spacial score (nSPS) is 10.4. The van der Waals surface area contributed by atoms with Crippen LogP contribution < -0.4 is 5.32 Å². The van der Waals surface area contributed by atoms with E-state index in [0.29, 0.717) is 0 Å². The van der Waals surface area contributed by atoms with Crippen LogP contribution in [0, 0.1) is 0 Å². The van der Waals surface area contributed by atoms with Gasteiger partial charge in [-0.15, -0.1) is 0 Å². The number of hydrogen-bond acceptors (Lipinski definition) is 2. The highest BCUT2D eigenvalue weighted by molar-refractivity contribution is 5.67. The van der Waals surface area contributed by atoms with Gasteiger partial charge in [-0.05, 0) is 12.1 Å². The standard InChI is InChI=1S/C16H15N3/c1-17-14-9-5-8-13(10-14)15-11-18-16(19-15)12-6-3-2-4-7-12/h2-11,17H,1H3,(H,18,19). The number of nitrogens with one attached hydrogen (secondary N) is 2. The van der Waals surface area contributed by atoms with Crippen molar-refractivity contribution in [1.82, 2.24) is 9.97 Å². The molecule has 0 aliphatic rings. The molecular formula is C16H15N3. The topological polar surface area (TPSA) is 40.7 Å². The van der Waals surface area contributed by atoms with Crippen molar-refractivity contribution < 1.29 is 0 Å². The highest BCUT2D eigenvalue weighted by Crippen LogP contribution is 2.23. The molecule has 0 saturated heterocycles. The zero-order chi connectivity index (χ0) is 13.1. The lowest BCUT2D eigenvalue weighted by molar-refractivity contribution is 1.31. The first-order valence-corrected chi connectivity index (χ1v) is 6.25. The summed E-state index contributed by atoms with van der Waals surface area (Å²) in [5.41, 5.74) is 4.34. The Labute approximate surface area is 112 Å². The van der Waals surface area contributed by atoms with Crippen LogP contribution in [0.2, 0.25) is 0 Å². The Balaban J connectivity index is 1.97. The van der Waals surface area contributed by atoms with E-state index in [-0.39, 0.29) is 0 Å². The van der Waals surface area contributed by atoms with Crippen molar-refractivity contribution in [2.75, 3.05) is 12.4 Å². The van der Waals surface area contributed by atoms with E-state index in [9.17, 15) is 0 Å². The van der Waals surface area contributed by atoms with E-state index in [1.54, 1.807) is 0 Å². The molecule has 0 fully saturated rings. The van der Waals surface area contributed by atoms with Crippen LogP contribution >= 0.6 is 0 Å². The summed E-state index contributed by atoms with van der Waals surface area (Å²) in [6.45, 7) is 0. The first-order valence-electron chi connectivity index (χ1n) is 6.25. The van der Waals surface area contributed by atoms with Crippen LogP contribution in [0.5, 0.6) is 0 Å². The van der Waals surface area contributed by atoms with Crippen molar-refractivity contribution in [3.05, 3.63) is 60.8 Å². The number of aromatic nitrogens is 2. The first kappa shape index (κ1) is 11.5. The Bertz CT molecular complexity index is 671. The largest absolute Gasteiger partial charge is 0.388 e. The van der Waals surface area contributed by atoms with Gasteiger partial charge in [0, 0.05) is 23.9 Å². The third-order valence-electron chi connectivity index (χ3n) is 3.09. The van der Waals surface area contributed by atoms with Crippen molar-refractivity contribution >= 4 is 5.69 Å². The van der Waals surface area contributed by atoms with Gasteiger partial charge in [0.1, 0.15) is 5.82 Å². The molecule has 0 atom stereocenters. The fraction of sp³-hybridized carbons (Fsp3) is 0.0625. The molecule has 2 N–H and O–H groups in total. The summed E-state index contributed by atoms with van der Waals surface area (Å²) in [5.74, 6) is 0.894. The van der Waals surface area contributed by atoms with Gasteiger partial charge in [0.05, 0.1) is 11.9 Å². The highest BCUT2D eigenvalue weighted by atomic mass is 14.9. The maximum absolute atomic E-state index is 4.44. The molecule has 3 heteroatoms. The number of rotatable bonds is 3. The molecule has 3 nitrogen and oxygen atoms in total. The summed E-state index contributed by atoms with van der Waals surface area (Å²) in [6, 6.07) is 18.4. The zero-order valence-electron chi connectivity index (χ0n) is 10.7. The van der Waals surface area contributed by atoms with Gasteiger partial charge >= 0.3 is 0 Å². The lowest BCUT2D eigenvalue weighted by Crippen LogP contribution is -1.87. The van der Waals surface area contributed by atoms with E-state index in [4.69, 9.17) is 0 Å². The molecular weight excluding hydrogens is 234 g/mol. The van der Waals surface area contributed by atoms with Crippen LogP contribution in [-0.2, 0) is 0 Å². The van der Waals surface area contributed by atoms with E-state index in [0.717, 1.165) is 28.3 Å². The summed E-state index contributed by atoms with van der Waals surface area (Å²) >= 11 is 0. The molecule has 0 spiro atoms. The molecule has 94 valence electrons. The van der Waals surface area contributed by atoms with Crippen molar-refractivity contribution in [3.63, 3.8) is 0 Å². The van der Waals surface area contributed by atoms with E-state index in [1.165, 1.54) is 0 Å². The number of nitrogens with zero attached hydrogens (tertiary/aromatic N) is 1. The van der Waals surface area contributed by atoms with Crippen molar-refractivity contribution in [1.29, 1.82) is 0 Å². The molecule has 0 unspecified atom stereocenters. The van der Waals surface area contributed by atoms with Gasteiger partial charge in [-0.25, -0.2) is 4.98 Å². The van der Waals surface area contributed by atoms with Gasteiger partial charge in [-0.1, -0.05) is 42.5 Å². The van der Waals surface area contributed by atoms with Gasteiger partial charge in [-0.2, -0.15) is 0 Å². The molecule has 19 heavy (non-hydrogen) atoms. The van der Waals surface area contributed by atoms with Gasteiger partial charge in [0.2, 0.25) is 0 Å². The molecule has 0 aliphatic heterocycles.